The van der Waals surface area contributed by atoms with Crippen LogP contribution in [-0.2, 0) is 9.59 Å². The Labute approximate surface area is 140 Å². The number of amides is 2. The third-order valence-corrected chi connectivity index (χ3v) is 4.49. The highest BCUT2D eigenvalue weighted by atomic mass is 32.1. The Morgan fingerprint density at radius 1 is 1.17 bits per heavy atom. The van der Waals surface area contributed by atoms with Gasteiger partial charge in [-0.15, -0.1) is 0 Å². The molecular weight excluding hydrogens is 310 g/mol. The number of rotatable bonds is 5. The molecule has 0 saturated carbocycles. The van der Waals surface area contributed by atoms with Crippen LogP contribution in [0.3, 0.4) is 0 Å². The zero-order chi connectivity index (χ0) is 17.0. The minimum absolute atomic E-state index is 0.00597. The third-order valence-electron chi connectivity index (χ3n) is 3.37. The quantitative estimate of drug-likeness (QED) is 0.884. The summed E-state index contributed by atoms with van der Waals surface area (Å²) in [6.07, 6.45) is 0. The van der Waals surface area contributed by atoms with Gasteiger partial charge in [-0.1, -0.05) is 55.5 Å². The molecule has 2 N–H and O–H groups in total. The second kappa shape index (κ2) is 7.37. The summed E-state index contributed by atoms with van der Waals surface area (Å²) in [6.45, 7) is 7.11. The number of anilines is 1. The summed E-state index contributed by atoms with van der Waals surface area (Å²) in [5, 5.41) is 6.04. The van der Waals surface area contributed by atoms with E-state index in [-0.39, 0.29) is 17.7 Å². The summed E-state index contributed by atoms with van der Waals surface area (Å²) < 4.78 is 0. The number of thiazole rings is 1. The van der Waals surface area contributed by atoms with E-state index in [4.69, 9.17) is 0 Å². The number of nitrogens with zero attached hydrogens (tertiary/aromatic N) is 1. The van der Waals surface area contributed by atoms with E-state index in [1.54, 1.807) is 0 Å². The first kappa shape index (κ1) is 17.1. The lowest BCUT2D eigenvalue weighted by Gasteiger charge is -2.20. The van der Waals surface area contributed by atoms with Gasteiger partial charge in [-0.25, -0.2) is 4.98 Å². The van der Waals surface area contributed by atoms with Crippen LogP contribution in [0.1, 0.15) is 26.5 Å². The van der Waals surface area contributed by atoms with Gasteiger partial charge < -0.3 is 10.6 Å². The number of carbonyl (C=O) groups excluding carboxylic acids is 2. The Morgan fingerprint density at radius 2 is 1.83 bits per heavy atom. The van der Waals surface area contributed by atoms with Crippen molar-refractivity contribution in [1.29, 1.82) is 0 Å². The molecule has 0 spiro atoms. The zero-order valence-corrected chi connectivity index (χ0v) is 14.5. The molecule has 2 amide bonds. The van der Waals surface area contributed by atoms with Crippen LogP contribution in [0.4, 0.5) is 5.13 Å². The van der Waals surface area contributed by atoms with Crippen molar-refractivity contribution in [2.45, 2.75) is 33.7 Å². The minimum Gasteiger partial charge on any atom is -0.344 e. The smallest absolute Gasteiger partial charge is 0.248 e. The van der Waals surface area contributed by atoms with Gasteiger partial charge in [0.15, 0.2) is 5.13 Å². The monoisotopic (exact) mass is 331 g/mol. The van der Waals surface area contributed by atoms with Crippen LogP contribution in [0.5, 0.6) is 0 Å². The van der Waals surface area contributed by atoms with E-state index in [2.05, 4.69) is 15.6 Å². The van der Waals surface area contributed by atoms with Gasteiger partial charge in [-0.2, -0.15) is 0 Å². The van der Waals surface area contributed by atoms with Gasteiger partial charge in [0.25, 0.3) is 0 Å². The maximum atomic E-state index is 12.4. The van der Waals surface area contributed by atoms with Crippen LogP contribution >= 0.6 is 11.3 Å². The van der Waals surface area contributed by atoms with E-state index < -0.39 is 6.04 Å². The highest BCUT2D eigenvalue weighted by molar-refractivity contribution is 7.19. The molecule has 2 aromatic rings. The van der Waals surface area contributed by atoms with Crippen LogP contribution in [0, 0.1) is 12.8 Å². The highest BCUT2D eigenvalue weighted by Gasteiger charge is 2.24. The minimum atomic E-state index is -0.572. The lowest BCUT2D eigenvalue weighted by molar-refractivity contribution is -0.126. The number of nitrogens with one attached hydrogen (secondary N) is 2. The lowest BCUT2D eigenvalue weighted by atomic mass is 10.0. The molecule has 1 heterocycles. The molecule has 0 aliphatic rings. The predicted octanol–water partition coefficient (Wildman–Crippen LogP) is 3.22. The predicted molar refractivity (Wildman–Crippen MR) is 93.4 cm³/mol. The Morgan fingerprint density at radius 3 is 2.39 bits per heavy atom. The summed E-state index contributed by atoms with van der Waals surface area (Å²) in [4.78, 5) is 29.1. The van der Waals surface area contributed by atoms with Gasteiger partial charge in [-0.05, 0) is 18.4 Å². The molecule has 2 rings (SSSR count). The second-order valence-electron chi connectivity index (χ2n) is 5.71. The first-order valence-corrected chi connectivity index (χ1v) is 8.31. The average Bonchev–Trinajstić information content (AvgIpc) is 2.85. The molecular formula is C17H21N3O2S. The van der Waals surface area contributed by atoms with Crippen LogP contribution in [0.2, 0.25) is 0 Å². The standard InChI is InChI=1S/C17H21N3O2S/c1-10(2)14(19-12(4)21)16(22)20-17-18-11(3)15(23-17)13-8-6-5-7-9-13/h5-10,14H,1-4H3,(H,19,21)(H,18,20,22). The molecule has 122 valence electrons. The first-order chi connectivity index (χ1) is 10.9. The lowest BCUT2D eigenvalue weighted by Crippen LogP contribution is -2.46. The largest absolute Gasteiger partial charge is 0.344 e. The number of benzene rings is 1. The van der Waals surface area contributed by atoms with Gasteiger partial charge in [-0.3, -0.25) is 9.59 Å². The number of aryl methyl sites for hydroxylation is 1. The van der Waals surface area contributed by atoms with Crippen molar-refractivity contribution in [3.8, 4) is 10.4 Å². The van der Waals surface area contributed by atoms with Crippen molar-refractivity contribution in [2.75, 3.05) is 5.32 Å². The molecule has 0 aliphatic carbocycles. The maximum absolute atomic E-state index is 12.4. The van der Waals surface area contributed by atoms with Crippen LogP contribution in [0.25, 0.3) is 10.4 Å². The molecule has 0 fully saturated rings. The molecule has 0 bridgehead atoms. The fraction of sp³-hybridized carbons (Fsp3) is 0.353. The molecule has 23 heavy (non-hydrogen) atoms. The highest BCUT2D eigenvalue weighted by Crippen LogP contribution is 2.32. The van der Waals surface area contributed by atoms with Crippen LogP contribution in [-0.4, -0.2) is 22.8 Å². The number of carbonyl (C=O) groups is 2. The average molecular weight is 331 g/mol. The third kappa shape index (κ3) is 4.39. The Balaban J connectivity index is 2.17. The molecule has 1 aromatic heterocycles. The maximum Gasteiger partial charge on any atom is 0.248 e. The van der Waals surface area contributed by atoms with Crippen LogP contribution in [0.15, 0.2) is 30.3 Å². The molecule has 5 nitrogen and oxygen atoms in total. The summed E-state index contributed by atoms with van der Waals surface area (Å²) in [6, 6.07) is 9.36. The van der Waals surface area contributed by atoms with Crippen molar-refractivity contribution >= 4 is 28.3 Å². The fourth-order valence-corrected chi connectivity index (χ4v) is 3.22. The molecule has 0 saturated heterocycles. The molecule has 1 atom stereocenters. The van der Waals surface area contributed by atoms with Gasteiger partial charge in [0.05, 0.1) is 10.6 Å². The fourth-order valence-electron chi connectivity index (χ4n) is 2.24. The van der Waals surface area contributed by atoms with Gasteiger partial charge in [0.2, 0.25) is 11.8 Å². The van der Waals surface area contributed by atoms with Crippen molar-refractivity contribution in [3.63, 3.8) is 0 Å². The zero-order valence-electron chi connectivity index (χ0n) is 13.7. The van der Waals surface area contributed by atoms with E-state index in [1.165, 1.54) is 18.3 Å². The van der Waals surface area contributed by atoms with E-state index in [0.29, 0.717) is 5.13 Å². The Bertz CT molecular complexity index is 695. The van der Waals surface area contributed by atoms with Crippen molar-refractivity contribution in [1.82, 2.24) is 10.3 Å². The van der Waals surface area contributed by atoms with E-state index in [1.807, 2.05) is 51.1 Å². The van der Waals surface area contributed by atoms with Crippen molar-refractivity contribution in [2.24, 2.45) is 5.92 Å². The van der Waals surface area contributed by atoms with E-state index in [9.17, 15) is 9.59 Å². The molecule has 6 heteroatoms. The second-order valence-corrected chi connectivity index (χ2v) is 6.71. The molecule has 0 aliphatic heterocycles. The van der Waals surface area contributed by atoms with E-state index >= 15 is 0 Å². The van der Waals surface area contributed by atoms with Gasteiger partial charge in [0.1, 0.15) is 6.04 Å². The van der Waals surface area contributed by atoms with Gasteiger partial charge in [0, 0.05) is 6.92 Å². The van der Waals surface area contributed by atoms with E-state index in [0.717, 1.165) is 16.1 Å². The van der Waals surface area contributed by atoms with Gasteiger partial charge >= 0.3 is 0 Å². The number of hydrogen-bond donors (Lipinski definition) is 2. The number of hydrogen-bond acceptors (Lipinski definition) is 4. The SMILES string of the molecule is CC(=O)NC(C(=O)Nc1nc(C)c(-c2ccccc2)s1)C(C)C. The number of aromatic nitrogens is 1. The summed E-state index contributed by atoms with van der Waals surface area (Å²) in [5.41, 5.74) is 1.95. The molecule has 1 aromatic carbocycles. The normalized spacial score (nSPS) is 12.0. The first-order valence-electron chi connectivity index (χ1n) is 7.49. The molecule has 1 unspecified atom stereocenters. The van der Waals surface area contributed by atoms with Crippen molar-refractivity contribution < 1.29 is 9.59 Å². The summed E-state index contributed by atoms with van der Waals surface area (Å²) >= 11 is 1.43. The van der Waals surface area contributed by atoms with Crippen molar-refractivity contribution in [3.05, 3.63) is 36.0 Å². The molecule has 0 radical (unpaired) electrons. The Hall–Kier alpha value is -2.21. The summed E-state index contributed by atoms with van der Waals surface area (Å²) in [7, 11) is 0. The Kier molecular flexibility index (Phi) is 5.50. The van der Waals surface area contributed by atoms with Crippen LogP contribution < -0.4 is 10.6 Å². The topological polar surface area (TPSA) is 71.1 Å². The summed E-state index contributed by atoms with van der Waals surface area (Å²) in [5.74, 6) is -0.476.